The minimum absolute atomic E-state index is 0.0367. The molecule has 1 aliphatic rings. The Hall–Kier alpha value is -2.74. The Morgan fingerprint density at radius 1 is 1.11 bits per heavy atom. The Morgan fingerprint density at radius 3 is 2.46 bits per heavy atom. The predicted molar refractivity (Wildman–Crippen MR) is 111 cm³/mol. The second kappa shape index (κ2) is 11.2. The monoisotopic (exact) mass is 403 g/mol. The smallest absolute Gasteiger partial charge is 0.330 e. The van der Waals surface area contributed by atoms with Crippen molar-refractivity contribution in [1.29, 1.82) is 0 Å². The molecule has 1 aromatic rings. The molecule has 0 bridgehead atoms. The number of thiocarbonyl (C=S) groups is 1. The van der Waals surface area contributed by atoms with Gasteiger partial charge in [-0.25, -0.2) is 4.79 Å². The number of nitrogens with zero attached hydrogens (tertiary/aromatic N) is 1. The van der Waals surface area contributed by atoms with Crippen LogP contribution in [0.25, 0.3) is 0 Å². The number of esters is 1. The van der Waals surface area contributed by atoms with Gasteiger partial charge in [0.1, 0.15) is 0 Å². The van der Waals surface area contributed by atoms with Crippen LogP contribution in [-0.2, 0) is 14.3 Å². The molecule has 7 nitrogen and oxygen atoms in total. The lowest BCUT2D eigenvalue weighted by molar-refractivity contribution is -0.137. The molecule has 1 aromatic carbocycles. The highest BCUT2D eigenvalue weighted by molar-refractivity contribution is 7.80. The molecule has 0 spiro atoms. The van der Waals surface area contributed by atoms with E-state index in [2.05, 4.69) is 10.6 Å². The maximum Gasteiger partial charge on any atom is 0.330 e. The maximum absolute atomic E-state index is 12.9. The molecule has 1 saturated heterocycles. The van der Waals surface area contributed by atoms with Gasteiger partial charge in [0.2, 0.25) is 5.91 Å². The van der Waals surface area contributed by atoms with Gasteiger partial charge in [0.15, 0.2) is 5.11 Å². The van der Waals surface area contributed by atoms with Crippen LogP contribution in [0.2, 0.25) is 0 Å². The number of hydrogen-bond acceptors (Lipinski definition) is 5. The average Bonchev–Trinajstić information content (AvgIpc) is 2.96. The van der Waals surface area contributed by atoms with E-state index in [9.17, 15) is 14.4 Å². The first-order valence-corrected chi connectivity index (χ1v) is 9.77. The molecule has 0 aromatic heterocycles. The molecular weight excluding hydrogens is 378 g/mol. The number of amides is 2. The number of anilines is 1. The van der Waals surface area contributed by atoms with E-state index in [0.717, 1.165) is 50.9 Å². The fourth-order valence-corrected chi connectivity index (χ4v) is 3.07. The third kappa shape index (κ3) is 6.77. The Bertz CT molecular complexity index is 756. The number of nitrogens with one attached hydrogen (secondary N) is 2. The van der Waals surface area contributed by atoms with E-state index in [1.807, 2.05) is 4.90 Å². The first kappa shape index (κ1) is 21.6. The summed E-state index contributed by atoms with van der Waals surface area (Å²) >= 11 is 5.15. The summed E-state index contributed by atoms with van der Waals surface area (Å²) in [5, 5.41) is 5.37. The van der Waals surface area contributed by atoms with Crippen LogP contribution in [0.15, 0.2) is 36.4 Å². The third-order valence-electron chi connectivity index (χ3n) is 4.19. The Morgan fingerprint density at radius 2 is 1.79 bits per heavy atom. The molecule has 0 aliphatic carbocycles. The molecule has 1 aliphatic heterocycles. The fourth-order valence-electron chi connectivity index (χ4n) is 2.86. The molecule has 1 heterocycles. The first-order valence-electron chi connectivity index (χ1n) is 9.36. The zero-order valence-electron chi connectivity index (χ0n) is 15.9. The largest absolute Gasteiger partial charge is 0.463 e. The Labute approximate surface area is 170 Å². The SMILES string of the molecule is CCOC(=O)/C=C/C(=O)NC(=S)Nc1ccccc1C(=O)N1CCCCCC1. The number of carbonyl (C=O) groups is 3. The molecule has 2 rings (SSSR count). The van der Waals surface area contributed by atoms with E-state index in [0.29, 0.717) is 11.3 Å². The molecule has 8 heteroatoms. The summed E-state index contributed by atoms with van der Waals surface area (Å²) in [6.45, 7) is 3.39. The van der Waals surface area contributed by atoms with Crippen molar-refractivity contribution >= 4 is 40.8 Å². The van der Waals surface area contributed by atoms with Crippen LogP contribution in [0.4, 0.5) is 5.69 Å². The summed E-state index contributed by atoms with van der Waals surface area (Å²) in [4.78, 5) is 37.9. The van der Waals surface area contributed by atoms with Gasteiger partial charge < -0.3 is 15.0 Å². The first-order chi connectivity index (χ1) is 13.5. The molecule has 0 atom stereocenters. The van der Waals surface area contributed by atoms with Crippen LogP contribution in [-0.4, -0.2) is 47.5 Å². The van der Waals surface area contributed by atoms with Crippen LogP contribution in [0, 0.1) is 0 Å². The maximum atomic E-state index is 12.9. The van der Waals surface area contributed by atoms with Crippen LogP contribution < -0.4 is 10.6 Å². The lowest BCUT2D eigenvalue weighted by Crippen LogP contribution is -2.35. The van der Waals surface area contributed by atoms with Gasteiger partial charge in [-0.2, -0.15) is 0 Å². The van der Waals surface area contributed by atoms with E-state index in [-0.39, 0.29) is 17.6 Å². The number of carbonyl (C=O) groups excluding carboxylic acids is 3. The van der Waals surface area contributed by atoms with Gasteiger partial charge in [-0.15, -0.1) is 0 Å². The Kier molecular flexibility index (Phi) is 8.61. The second-order valence-electron chi connectivity index (χ2n) is 6.28. The van der Waals surface area contributed by atoms with Gasteiger partial charge in [-0.1, -0.05) is 25.0 Å². The number of hydrogen-bond donors (Lipinski definition) is 2. The third-order valence-corrected chi connectivity index (χ3v) is 4.40. The molecule has 150 valence electrons. The van der Waals surface area contributed by atoms with E-state index < -0.39 is 11.9 Å². The van der Waals surface area contributed by atoms with Crippen molar-refractivity contribution in [3.05, 3.63) is 42.0 Å². The van der Waals surface area contributed by atoms with Gasteiger partial charge in [0.25, 0.3) is 5.91 Å². The molecule has 2 amide bonds. The van der Waals surface area contributed by atoms with Gasteiger partial charge in [0.05, 0.1) is 17.9 Å². The highest BCUT2D eigenvalue weighted by Gasteiger charge is 2.20. The van der Waals surface area contributed by atoms with Crippen LogP contribution in [0.1, 0.15) is 43.0 Å². The molecular formula is C20H25N3O4S. The minimum Gasteiger partial charge on any atom is -0.463 e. The highest BCUT2D eigenvalue weighted by Crippen LogP contribution is 2.19. The second-order valence-corrected chi connectivity index (χ2v) is 6.69. The van der Waals surface area contributed by atoms with Gasteiger partial charge >= 0.3 is 5.97 Å². The van der Waals surface area contributed by atoms with Crippen LogP contribution in [0.5, 0.6) is 0 Å². The summed E-state index contributed by atoms with van der Waals surface area (Å²) < 4.78 is 4.71. The van der Waals surface area contributed by atoms with E-state index >= 15 is 0 Å². The number of rotatable bonds is 5. The zero-order chi connectivity index (χ0) is 20.4. The molecule has 2 N–H and O–H groups in total. The normalized spacial score (nSPS) is 14.2. The standard InChI is InChI=1S/C20H25N3O4S/c1-2-27-18(25)12-11-17(24)22-20(28)21-16-10-6-5-9-15(16)19(26)23-13-7-3-4-8-14-23/h5-6,9-12H,2-4,7-8,13-14H2,1H3,(H2,21,22,24,28)/b12-11+. The zero-order valence-corrected chi connectivity index (χ0v) is 16.7. The lowest BCUT2D eigenvalue weighted by Gasteiger charge is -2.22. The average molecular weight is 404 g/mol. The number of para-hydroxylation sites is 1. The fraction of sp³-hybridized carbons (Fsp3) is 0.400. The highest BCUT2D eigenvalue weighted by atomic mass is 32.1. The topological polar surface area (TPSA) is 87.7 Å². The molecule has 1 fully saturated rings. The summed E-state index contributed by atoms with van der Waals surface area (Å²) in [6.07, 6.45) is 6.35. The predicted octanol–water partition coefficient (Wildman–Crippen LogP) is 2.64. The summed E-state index contributed by atoms with van der Waals surface area (Å²) in [6, 6.07) is 7.05. The molecule has 0 unspecified atom stereocenters. The number of ether oxygens (including phenoxy) is 1. The van der Waals surface area contributed by atoms with Crippen molar-refractivity contribution in [2.75, 3.05) is 25.0 Å². The molecule has 28 heavy (non-hydrogen) atoms. The molecule has 0 radical (unpaired) electrons. The van der Waals surface area contributed by atoms with Crippen molar-refractivity contribution in [2.24, 2.45) is 0 Å². The summed E-state index contributed by atoms with van der Waals surface area (Å²) in [7, 11) is 0. The number of benzene rings is 1. The van der Waals surface area contributed by atoms with Crippen molar-refractivity contribution < 1.29 is 19.1 Å². The van der Waals surface area contributed by atoms with Crippen molar-refractivity contribution in [3.63, 3.8) is 0 Å². The van der Waals surface area contributed by atoms with Crippen molar-refractivity contribution in [2.45, 2.75) is 32.6 Å². The minimum atomic E-state index is -0.607. The number of likely N-dealkylation sites (tertiary alicyclic amines) is 1. The summed E-state index contributed by atoms with van der Waals surface area (Å²) in [5.41, 5.74) is 1.03. The van der Waals surface area contributed by atoms with Crippen molar-refractivity contribution in [1.82, 2.24) is 10.2 Å². The van der Waals surface area contributed by atoms with Gasteiger partial charge in [-0.05, 0) is 44.1 Å². The lowest BCUT2D eigenvalue weighted by atomic mass is 10.1. The Balaban J connectivity index is 2.00. The molecule has 0 saturated carbocycles. The van der Waals surface area contributed by atoms with E-state index in [1.54, 1.807) is 31.2 Å². The van der Waals surface area contributed by atoms with E-state index in [4.69, 9.17) is 17.0 Å². The van der Waals surface area contributed by atoms with Crippen LogP contribution in [0.3, 0.4) is 0 Å². The summed E-state index contributed by atoms with van der Waals surface area (Å²) in [5.74, 6) is -1.23. The van der Waals surface area contributed by atoms with Gasteiger partial charge in [-0.3, -0.25) is 14.9 Å². The van der Waals surface area contributed by atoms with Crippen LogP contribution >= 0.6 is 12.2 Å². The van der Waals surface area contributed by atoms with E-state index in [1.165, 1.54) is 0 Å². The quantitative estimate of drug-likeness (QED) is 0.446. The van der Waals surface area contributed by atoms with Crippen molar-refractivity contribution in [3.8, 4) is 0 Å². The van der Waals surface area contributed by atoms with Gasteiger partial charge in [0, 0.05) is 25.2 Å².